The molecule has 0 atom stereocenters. The SMILES string of the molecule is CCCCCNC(=O)c1cnn(-c2ccccn2)c1C(C)C. The van der Waals surface area contributed by atoms with Crippen LogP contribution in [0.2, 0.25) is 0 Å². The van der Waals surface area contributed by atoms with E-state index in [9.17, 15) is 4.79 Å². The number of unbranched alkanes of at least 4 members (excludes halogenated alkanes) is 2. The number of nitrogens with zero attached hydrogens (tertiary/aromatic N) is 3. The summed E-state index contributed by atoms with van der Waals surface area (Å²) in [4.78, 5) is 16.7. The first-order valence-electron chi connectivity index (χ1n) is 7.92. The van der Waals surface area contributed by atoms with Crippen LogP contribution in [0.5, 0.6) is 0 Å². The molecule has 5 nitrogen and oxygen atoms in total. The van der Waals surface area contributed by atoms with Crippen molar-refractivity contribution in [3.63, 3.8) is 0 Å². The van der Waals surface area contributed by atoms with Crippen molar-refractivity contribution in [2.45, 2.75) is 46.0 Å². The largest absolute Gasteiger partial charge is 0.352 e. The minimum absolute atomic E-state index is 0.0537. The lowest BCUT2D eigenvalue weighted by Gasteiger charge is -2.12. The predicted molar refractivity (Wildman–Crippen MR) is 87.3 cm³/mol. The highest BCUT2D eigenvalue weighted by Crippen LogP contribution is 2.22. The Morgan fingerprint density at radius 3 is 2.77 bits per heavy atom. The lowest BCUT2D eigenvalue weighted by molar-refractivity contribution is 0.0951. The number of hydrogen-bond donors (Lipinski definition) is 1. The lowest BCUT2D eigenvalue weighted by atomic mass is 10.1. The first-order chi connectivity index (χ1) is 10.6. The summed E-state index contributed by atoms with van der Waals surface area (Å²) < 4.78 is 1.76. The van der Waals surface area contributed by atoms with E-state index in [1.54, 1.807) is 17.1 Å². The second kappa shape index (κ2) is 7.73. The van der Waals surface area contributed by atoms with Crippen LogP contribution in [-0.4, -0.2) is 27.2 Å². The number of carbonyl (C=O) groups is 1. The maximum Gasteiger partial charge on any atom is 0.254 e. The van der Waals surface area contributed by atoms with Crippen molar-refractivity contribution < 1.29 is 4.79 Å². The first-order valence-corrected chi connectivity index (χ1v) is 7.92. The van der Waals surface area contributed by atoms with Gasteiger partial charge in [-0.15, -0.1) is 0 Å². The molecule has 0 saturated carbocycles. The van der Waals surface area contributed by atoms with Crippen LogP contribution in [0, 0.1) is 0 Å². The molecular formula is C17H24N4O. The van der Waals surface area contributed by atoms with Gasteiger partial charge in [0.25, 0.3) is 5.91 Å². The van der Waals surface area contributed by atoms with Gasteiger partial charge in [0.2, 0.25) is 0 Å². The van der Waals surface area contributed by atoms with Gasteiger partial charge in [-0.3, -0.25) is 4.79 Å². The Hall–Kier alpha value is -2.17. The highest BCUT2D eigenvalue weighted by Gasteiger charge is 2.20. The molecule has 0 spiro atoms. The molecule has 22 heavy (non-hydrogen) atoms. The standard InChI is InChI=1S/C17H24N4O/c1-4-5-7-11-19-17(22)14-12-20-21(16(14)13(2)3)15-9-6-8-10-18-15/h6,8-10,12-13H,4-5,7,11H2,1-3H3,(H,19,22). The van der Waals surface area contributed by atoms with E-state index in [0.717, 1.165) is 30.8 Å². The van der Waals surface area contributed by atoms with Crippen molar-refractivity contribution in [3.8, 4) is 5.82 Å². The third-order valence-electron chi connectivity index (χ3n) is 3.53. The molecule has 0 radical (unpaired) electrons. The average Bonchev–Trinajstić information content (AvgIpc) is 2.97. The van der Waals surface area contributed by atoms with E-state index in [1.165, 1.54) is 0 Å². The Bertz CT molecular complexity index is 604. The third-order valence-corrected chi connectivity index (χ3v) is 3.53. The second-order valence-electron chi connectivity index (χ2n) is 5.66. The molecule has 118 valence electrons. The Morgan fingerprint density at radius 2 is 2.14 bits per heavy atom. The molecule has 2 heterocycles. The molecule has 2 rings (SSSR count). The van der Waals surface area contributed by atoms with Crippen LogP contribution in [0.4, 0.5) is 0 Å². The van der Waals surface area contributed by atoms with Gasteiger partial charge in [-0.25, -0.2) is 9.67 Å². The number of hydrogen-bond acceptors (Lipinski definition) is 3. The summed E-state index contributed by atoms with van der Waals surface area (Å²) in [6.45, 7) is 6.98. The van der Waals surface area contributed by atoms with E-state index < -0.39 is 0 Å². The molecule has 0 saturated heterocycles. The van der Waals surface area contributed by atoms with Gasteiger partial charge in [-0.2, -0.15) is 5.10 Å². The number of rotatable bonds is 7. The number of carbonyl (C=O) groups excluding carboxylic acids is 1. The predicted octanol–water partition coefficient (Wildman–Crippen LogP) is 3.31. The van der Waals surface area contributed by atoms with Crippen molar-refractivity contribution >= 4 is 5.91 Å². The van der Waals surface area contributed by atoms with Crippen LogP contribution >= 0.6 is 0 Å². The highest BCUT2D eigenvalue weighted by atomic mass is 16.1. The minimum Gasteiger partial charge on any atom is -0.352 e. The smallest absolute Gasteiger partial charge is 0.254 e. The van der Waals surface area contributed by atoms with Crippen LogP contribution in [0.1, 0.15) is 62.0 Å². The molecule has 1 amide bonds. The normalized spacial score (nSPS) is 10.9. The van der Waals surface area contributed by atoms with Crippen LogP contribution in [0.15, 0.2) is 30.6 Å². The second-order valence-corrected chi connectivity index (χ2v) is 5.66. The summed E-state index contributed by atoms with van der Waals surface area (Å²) in [5.41, 5.74) is 1.53. The van der Waals surface area contributed by atoms with Crippen molar-refractivity contribution in [2.75, 3.05) is 6.54 Å². The monoisotopic (exact) mass is 300 g/mol. The molecule has 2 aromatic rings. The number of aromatic nitrogens is 3. The van der Waals surface area contributed by atoms with E-state index >= 15 is 0 Å². The summed E-state index contributed by atoms with van der Waals surface area (Å²) in [5, 5.41) is 7.35. The van der Waals surface area contributed by atoms with Crippen molar-refractivity contribution in [1.82, 2.24) is 20.1 Å². The molecule has 0 bridgehead atoms. The topological polar surface area (TPSA) is 59.8 Å². The maximum atomic E-state index is 12.4. The fourth-order valence-electron chi connectivity index (χ4n) is 2.42. The molecule has 0 aliphatic rings. The zero-order valence-electron chi connectivity index (χ0n) is 13.5. The van der Waals surface area contributed by atoms with Gasteiger partial charge in [0, 0.05) is 12.7 Å². The number of amides is 1. The van der Waals surface area contributed by atoms with Crippen LogP contribution in [0.3, 0.4) is 0 Å². The van der Waals surface area contributed by atoms with Gasteiger partial charge in [0.05, 0.1) is 17.5 Å². The molecule has 0 aliphatic heterocycles. The Balaban J connectivity index is 2.22. The quantitative estimate of drug-likeness (QED) is 0.798. The van der Waals surface area contributed by atoms with E-state index in [2.05, 4.69) is 36.2 Å². The van der Waals surface area contributed by atoms with E-state index in [4.69, 9.17) is 0 Å². The highest BCUT2D eigenvalue weighted by molar-refractivity contribution is 5.95. The molecule has 0 aliphatic carbocycles. The Kier molecular flexibility index (Phi) is 5.69. The zero-order valence-corrected chi connectivity index (χ0v) is 13.5. The average molecular weight is 300 g/mol. The van der Waals surface area contributed by atoms with Gasteiger partial charge in [0.1, 0.15) is 0 Å². The summed E-state index contributed by atoms with van der Waals surface area (Å²) >= 11 is 0. The summed E-state index contributed by atoms with van der Waals surface area (Å²) in [6, 6.07) is 5.67. The molecular weight excluding hydrogens is 276 g/mol. The van der Waals surface area contributed by atoms with Gasteiger partial charge >= 0.3 is 0 Å². The van der Waals surface area contributed by atoms with Crippen molar-refractivity contribution in [2.24, 2.45) is 0 Å². The Labute approximate surface area is 131 Å². The first kappa shape index (κ1) is 16.2. The zero-order chi connectivity index (χ0) is 15.9. The van der Waals surface area contributed by atoms with Crippen molar-refractivity contribution in [3.05, 3.63) is 41.9 Å². The molecule has 0 fully saturated rings. The van der Waals surface area contributed by atoms with Crippen LogP contribution < -0.4 is 5.32 Å². The van der Waals surface area contributed by atoms with E-state index in [0.29, 0.717) is 12.1 Å². The molecule has 0 aromatic carbocycles. The van der Waals surface area contributed by atoms with Gasteiger partial charge < -0.3 is 5.32 Å². The van der Waals surface area contributed by atoms with E-state index in [-0.39, 0.29) is 11.8 Å². The fourth-order valence-corrected chi connectivity index (χ4v) is 2.42. The maximum absolute atomic E-state index is 12.4. The molecule has 5 heteroatoms. The van der Waals surface area contributed by atoms with Crippen LogP contribution in [-0.2, 0) is 0 Å². The Morgan fingerprint density at radius 1 is 1.32 bits per heavy atom. The third kappa shape index (κ3) is 3.72. The fraction of sp³-hybridized carbons (Fsp3) is 0.471. The number of pyridine rings is 1. The van der Waals surface area contributed by atoms with Gasteiger partial charge in [-0.05, 0) is 24.5 Å². The lowest BCUT2D eigenvalue weighted by Crippen LogP contribution is -2.25. The van der Waals surface area contributed by atoms with E-state index in [1.807, 2.05) is 18.2 Å². The summed E-state index contributed by atoms with van der Waals surface area (Å²) in [6.07, 6.45) is 6.65. The van der Waals surface area contributed by atoms with Gasteiger partial charge in [0.15, 0.2) is 5.82 Å². The number of nitrogens with one attached hydrogen (secondary N) is 1. The molecule has 2 aromatic heterocycles. The summed E-state index contributed by atoms with van der Waals surface area (Å²) in [5.74, 6) is 0.860. The molecule has 0 unspecified atom stereocenters. The van der Waals surface area contributed by atoms with Gasteiger partial charge in [-0.1, -0.05) is 39.7 Å². The minimum atomic E-state index is -0.0537. The van der Waals surface area contributed by atoms with Crippen molar-refractivity contribution in [1.29, 1.82) is 0 Å². The van der Waals surface area contributed by atoms with Crippen LogP contribution in [0.25, 0.3) is 5.82 Å². The molecule has 1 N–H and O–H groups in total. The summed E-state index contributed by atoms with van der Waals surface area (Å²) in [7, 11) is 0.